The second kappa shape index (κ2) is 6.47. The molecule has 4 nitrogen and oxygen atoms in total. The Labute approximate surface area is 102 Å². The highest BCUT2D eigenvalue weighted by molar-refractivity contribution is 5.41. The van der Waals surface area contributed by atoms with Crippen LogP contribution in [0.5, 0.6) is 5.75 Å². The van der Waals surface area contributed by atoms with Crippen LogP contribution < -0.4 is 10.5 Å². The molecule has 0 spiro atoms. The summed E-state index contributed by atoms with van der Waals surface area (Å²) in [5.74, 6) is 0.812. The molecule has 1 unspecified atom stereocenters. The number of anilines is 1. The van der Waals surface area contributed by atoms with Crippen molar-refractivity contribution in [2.24, 2.45) is 0 Å². The summed E-state index contributed by atoms with van der Waals surface area (Å²) in [6.07, 6.45) is 3.27. The Hall–Kier alpha value is -1.26. The Morgan fingerprint density at radius 3 is 2.71 bits per heavy atom. The zero-order chi connectivity index (χ0) is 11.9. The summed E-state index contributed by atoms with van der Waals surface area (Å²) in [5, 5.41) is 0. The van der Waals surface area contributed by atoms with Crippen molar-refractivity contribution in [2.75, 3.05) is 25.6 Å². The first-order valence-corrected chi connectivity index (χ1v) is 6.06. The van der Waals surface area contributed by atoms with Crippen molar-refractivity contribution < 1.29 is 14.2 Å². The molecule has 1 saturated heterocycles. The lowest BCUT2D eigenvalue weighted by molar-refractivity contribution is -0.165. The van der Waals surface area contributed by atoms with E-state index in [0.29, 0.717) is 13.2 Å². The fourth-order valence-electron chi connectivity index (χ4n) is 1.75. The van der Waals surface area contributed by atoms with Gasteiger partial charge in [0.1, 0.15) is 12.4 Å². The maximum atomic E-state index is 5.58. The molecule has 1 aliphatic rings. The monoisotopic (exact) mass is 237 g/mol. The summed E-state index contributed by atoms with van der Waals surface area (Å²) in [6.45, 7) is 1.89. The molecule has 1 heterocycles. The molecule has 0 amide bonds. The molecule has 1 aromatic rings. The fraction of sp³-hybridized carbons (Fsp3) is 0.538. The van der Waals surface area contributed by atoms with Crippen molar-refractivity contribution in [3.8, 4) is 5.75 Å². The topological polar surface area (TPSA) is 53.7 Å². The fourth-order valence-corrected chi connectivity index (χ4v) is 1.75. The van der Waals surface area contributed by atoms with Crippen LogP contribution >= 0.6 is 0 Å². The molecule has 17 heavy (non-hydrogen) atoms. The van der Waals surface area contributed by atoms with Crippen LogP contribution in [0.4, 0.5) is 5.69 Å². The quantitative estimate of drug-likeness (QED) is 0.630. The van der Waals surface area contributed by atoms with Gasteiger partial charge in [0, 0.05) is 12.3 Å². The Morgan fingerprint density at radius 1 is 1.18 bits per heavy atom. The highest BCUT2D eigenvalue weighted by Gasteiger charge is 2.13. The van der Waals surface area contributed by atoms with Gasteiger partial charge in [-0.3, -0.25) is 0 Å². The lowest BCUT2D eigenvalue weighted by atomic mass is 10.2. The van der Waals surface area contributed by atoms with E-state index in [9.17, 15) is 0 Å². The van der Waals surface area contributed by atoms with Gasteiger partial charge >= 0.3 is 0 Å². The summed E-state index contributed by atoms with van der Waals surface area (Å²) >= 11 is 0. The third-order valence-electron chi connectivity index (χ3n) is 2.67. The van der Waals surface area contributed by atoms with E-state index in [2.05, 4.69) is 0 Å². The minimum absolute atomic E-state index is 0.0428. The Bertz CT molecular complexity index is 320. The standard InChI is InChI=1S/C13H19NO3/c14-11-4-6-12(7-5-11)15-9-10-17-13-3-1-2-8-16-13/h4-7,13H,1-3,8-10,14H2. The van der Waals surface area contributed by atoms with Crippen LogP contribution in [0, 0.1) is 0 Å². The number of ether oxygens (including phenoxy) is 3. The first kappa shape index (κ1) is 12.2. The minimum Gasteiger partial charge on any atom is -0.491 e. The van der Waals surface area contributed by atoms with Crippen LogP contribution in [0.2, 0.25) is 0 Å². The van der Waals surface area contributed by atoms with Gasteiger partial charge in [-0.15, -0.1) is 0 Å². The lowest BCUT2D eigenvalue weighted by Crippen LogP contribution is -2.24. The first-order chi connectivity index (χ1) is 8.34. The third kappa shape index (κ3) is 4.24. The van der Waals surface area contributed by atoms with Crippen LogP contribution in [0.15, 0.2) is 24.3 Å². The molecule has 4 heteroatoms. The van der Waals surface area contributed by atoms with E-state index in [-0.39, 0.29) is 6.29 Å². The third-order valence-corrected chi connectivity index (χ3v) is 2.67. The number of benzene rings is 1. The Balaban J connectivity index is 1.60. The number of hydrogen-bond acceptors (Lipinski definition) is 4. The molecular weight excluding hydrogens is 218 g/mol. The number of nitrogens with two attached hydrogens (primary N) is 1. The van der Waals surface area contributed by atoms with E-state index in [1.165, 1.54) is 6.42 Å². The number of rotatable bonds is 5. The predicted molar refractivity (Wildman–Crippen MR) is 65.9 cm³/mol. The molecule has 0 saturated carbocycles. The van der Waals surface area contributed by atoms with Crippen LogP contribution in [-0.2, 0) is 9.47 Å². The molecule has 0 bridgehead atoms. The van der Waals surface area contributed by atoms with Gasteiger partial charge in [-0.2, -0.15) is 0 Å². The van der Waals surface area contributed by atoms with Gasteiger partial charge in [0.25, 0.3) is 0 Å². The van der Waals surface area contributed by atoms with Crippen LogP contribution in [0.25, 0.3) is 0 Å². The molecule has 1 aliphatic heterocycles. The zero-order valence-electron chi connectivity index (χ0n) is 9.93. The summed E-state index contributed by atoms with van der Waals surface area (Å²) in [4.78, 5) is 0. The van der Waals surface area contributed by atoms with Gasteiger partial charge < -0.3 is 19.9 Å². The van der Waals surface area contributed by atoms with Gasteiger partial charge in [0.2, 0.25) is 0 Å². The molecule has 1 fully saturated rings. The minimum atomic E-state index is -0.0428. The molecule has 2 N–H and O–H groups in total. The largest absolute Gasteiger partial charge is 0.491 e. The van der Waals surface area contributed by atoms with Crippen LogP contribution in [0.3, 0.4) is 0 Å². The summed E-state index contributed by atoms with van der Waals surface area (Å²) in [5.41, 5.74) is 6.32. The van der Waals surface area contributed by atoms with Crippen molar-refractivity contribution in [3.63, 3.8) is 0 Å². The Kier molecular flexibility index (Phi) is 4.64. The second-order valence-corrected chi connectivity index (χ2v) is 4.08. The first-order valence-electron chi connectivity index (χ1n) is 6.06. The van der Waals surface area contributed by atoms with E-state index < -0.39 is 0 Å². The Morgan fingerprint density at radius 2 is 2.00 bits per heavy atom. The molecule has 0 radical (unpaired) electrons. The van der Waals surface area contributed by atoms with Gasteiger partial charge in [-0.1, -0.05) is 0 Å². The van der Waals surface area contributed by atoms with Crippen LogP contribution in [0.1, 0.15) is 19.3 Å². The molecular formula is C13H19NO3. The number of nitrogen functional groups attached to an aromatic ring is 1. The van der Waals surface area contributed by atoms with Crippen molar-refractivity contribution in [1.82, 2.24) is 0 Å². The highest BCUT2D eigenvalue weighted by Crippen LogP contribution is 2.15. The van der Waals surface area contributed by atoms with E-state index in [1.54, 1.807) is 0 Å². The van der Waals surface area contributed by atoms with Gasteiger partial charge in [0.05, 0.1) is 6.61 Å². The maximum absolute atomic E-state index is 5.58. The molecule has 0 aliphatic carbocycles. The maximum Gasteiger partial charge on any atom is 0.157 e. The van der Waals surface area contributed by atoms with Crippen molar-refractivity contribution in [3.05, 3.63) is 24.3 Å². The van der Waals surface area contributed by atoms with E-state index in [1.807, 2.05) is 24.3 Å². The SMILES string of the molecule is Nc1ccc(OCCOC2CCCCO2)cc1. The van der Waals surface area contributed by atoms with Gasteiger partial charge in [0.15, 0.2) is 6.29 Å². The predicted octanol–water partition coefficient (Wildman–Crippen LogP) is 2.19. The zero-order valence-corrected chi connectivity index (χ0v) is 9.93. The average molecular weight is 237 g/mol. The van der Waals surface area contributed by atoms with Gasteiger partial charge in [-0.25, -0.2) is 0 Å². The van der Waals surface area contributed by atoms with Crippen LogP contribution in [-0.4, -0.2) is 26.1 Å². The molecule has 1 atom stereocenters. The summed E-state index contributed by atoms with van der Waals surface area (Å²) < 4.78 is 16.5. The highest BCUT2D eigenvalue weighted by atomic mass is 16.7. The lowest BCUT2D eigenvalue weighted by Gasteiger charge is -2.22. The number of hydrogen-bond donors (Lipinski definition) is 1. The normalized spacial score (nSPS) is 20.1. The van der Waals surface area contributed by atoms with Gasteiger partial charge in [-0.05, 0) is 43.5 Å². The smallest absolute Gasteiger partial charge is 0.157 e. The molecule has 2 rings (SSSR count). The summed E-state index contributed by atoms with van der Waals surface area (Å²) in [6, 6.07) is 7.35. The van der Waals surface area contributed by atoms with E-state index in [0.717, 1.165) is 30.9 Å². The molecule has 94 valence electrons. The van der Waals surface area contributed by atoms with E-state index >= 15 is 0 Å². The second-order valence-electron chi connectivity index (χ2n) is 4.08. The summed E-state index contributed by atoms with van der Waals surface area (Å²) in [7, 11) is 0. The average Bonchev–Trinajstić information content (AvgIpc) is 2.38. The van der Waals surface area contributed by atoms with Crippen molar-refractivity contribution in [1.29, 1.82) is 0 Å². The van der Waals surface area contributed by atoms with Crippen molar-refractivity contribution >= 4 is 5.69 Å². The van der Waals surface area contributed by atoms with Crippen molar-refractivity contribution in [2.45, 2.75) is 25.6 Å². The van der Waals surface area contributed by atoms with E-state index in [4.69, 9.17) is 19.9 Å². The molecule has 0 aromatic heterocycles. The molecule has 1 aromatic carbocycles.